The first-order valence-electron chi connectivity index (χ1n) is 6.29. The Kier molecular flexibility index (Phi) is 3.18. The van der Waals surface area contributed by atoms with Gasteiger partial charge in [0.2, 0.25) is 0 Å². The maximum atomic E-state index is 13.0. The second-order valence-corrected chi connectivity index (χ2v) is 5.16. The Labute approximate surface area is 119 Å². The monoisotopic (exact) mass is 291 g/mol. The Morgan fingerprint density at radius 3 is 2.35 bits per heavy atom. The van der Waals surface area contributed by atoms with Crippen molar-refractivity contribution < 1.29 is 9.18 Å². The molecular formula is C15H11ClFNO2. The molecule has 0 amide bonds. The molecule has 1 aromatic heterocycles. The van der Waals surface area contributed by atoms with Gasteiger partial charge in [0.15, 0.2) is 0 Å². The van der Waals surface area contributed by atoms with Crippen molar-refractivity contribution in [1.29, 1.82) is 0 Å². The number of carbonyl (C=O) groups is 1. The molecule has 0 unspecified atom stereocenters. The van der Waals surface area contributed by atoms with E-state index in [1.54, 1.807) is 22.8 Å². The highest BCUT2D eigenvalue weighted by Crippen LogP contribution is 2.37. The zero-order valence-electron chi connectivity index (χ0n) is 10.5. The summed E-state index contributed by atoms with van der Waals surface area (Å²) in [5, 5.41) is -0.755. The molecule has 2 aromatic rings. The van der Waals surface area contributed by atoms with Gasteiger partial charge in [0, 0.05) is 6.04 Å². The molecule has 0 bridgehead atoms. The summed E-state index contributed by atoms with van der Waals surface area (Å²) in [5.74, 6) is -0.332. The van der Waals surface area contributed by atoms with Gasteiger partial charge in [-0.3, -0.25) is 9.59 Å². The van der Waals surface area contributed by atoms with E-state index >= 15 is 0 Å². The minimum absolute atomic E-state index is 0.0237. The van der Waals surface area contributed by atoms with Crippen molar-refractivity contribution >= 4 is 16.8 Å². The summed E-state index contributed by atoms with van der Waals surface area (Å²) >= 11 is 5.42. The quantitative estimate of drug-likeness (QED) is 0.813. The van der Waals surface area contributed by atoms with Crippen LogP contribution in [0.5, 0.6) is 0 Å². The van der Waals surface area contributed by atoms with E-state index in [4.69, 9.17) is 11.6 Å². The van der Waals surface area contributed by atoms with Crippen LogP contribution < -0.4 is 5.56 Å². The summed E-state index contributed by atoms with van der Waals surface area (Å²) in [7, 11) is 0. The molecule has 1 heterocycles. The smallest absolute Gasteiger partial charge is 0.263 e. The highest BCUT2D eigenvalue weighted by molar-refractivity contribution is 6.67. The second kappa shape index (κ2) is 4.87. The number of benzene rings is 1. The van der Waals surface area contributed by atoms with Gasteiger partial charge in [-0.2, -0.15) is 0 Å². The number of aromatic nitrogens is 1. The van der Waals surface area contributed by atoms with Crippen LogP contribution in [-0.2, 0) is 0 Å². The topological polar surface area (TPSA) is 39.1 Å². The minimum atomic E-state index is -0.755. The average Bonchev–Trinajstić information content (AvgIpc) is 3.23. The normalized spacial score (nSPS) is 14.3. The first kappa shape index (κ1) is 13.1. The molecule has 0 atom stereocenters. The van der Waals surface area contributed by atoms with Gasteiger partial charge in [0.1, 0.15) is 5.82 Å². The van der Waals surface area contributed by atoms with E-state index in [2.05, 4.69) is 0 Å². The molecule has 0 saturated heterocycles. The summed E-state index contributed by atoms with van der Waals surface area (Å²) in [5.41, 5.74) is 1.02. The molecule has 0 aliphatic heterocycles. The zero-order chi connectivity index (χ0) is 14.3. The van der Waals surface area contributed by atoms with Crippen molar-refractivity contribution in [3.05, 3.63) is 58.1 Å². The van der Waals surface area contributed by atoms with Gasteiger partial charge < -0.3 is 4.57 Å². The number of carbonyl (C=O) groups excluding carboxylic acids is 1. The molecule has 5 heteroatoms. The molecular weight excluding hydrogens is 281 g/mol. The third-order valence-electron chi connectivity index (χ3n) is 3.38. The Hall–Kier alpha value is -1.94. The van der Waals surface area contributed by atoms with E-state index in [1.165, 1.54) is 18.2 Å². The van der Waals surface area contributed by atoms with Crippen molar-refractivity contribution in [1.82, 2.24) is 4.57 Å². The van der Waals surface area contributed by atoms with Crippen LogP contribution in [0.3, 0.4) is 0 Å². The lowest BCUT2D eigenvalue weighted by atomic mass is 10.1. The molecule has 1 saturated carbocycles. The fourth-order valence-electron chi connectivity index (χ4n) is 2.25. The first-order chi connectivity index (χ1) is 9.58. The Balaban J connectivity index is 2.21. The van der Waals surface area contributed by atoms with Crippen LogP contribution in [0.25, 0.3) is 11.3 Å². The predicted octanol–water partition coefficient (Wildman–Crippen LogP) is 3.37. The van der Waals surface area contributed by atoms with Gasteiger partial charge in [0.25, 0.3) is 10.8 Å². The second-order valence-electron chi connectivity index (χ2n) is 4.82. The van der Waals surface area contributed by atoms with Crippen molar-refractivity contribution in [2.45, 2.75) is 18.9 Å². The van der Waals surface area contributed by atoms with Crippen LogP contribution in [0.2, 0.25) is 0 Å². The molecule has 20 heavy (non-hydrogen) atoms. The molecule has 1 aliphatic rings. The molecule has 0 radical (unpaired) electrons. The lowest BCUT2D eigenvalue weighted by molar-refractivity contribution is 0.107. The maximum absolute atomic E-state index is 13.0. The fourth-order valence-corrected chi connectivity index (χ4v) is 2.40. The average molecular weight is 292 g/mol. The van der Waals surface area contributed by atoms with E-state index in [0.717, 1.165) is 18.4 Å². The summed E-state index contributed by atoms with van der Waals surface area (Å²) in [4.78, 5) is 23.6. The van der Waals surface area contributed by atoms with Gasteiger partial charge in [-0.1, -0.05) is 0 Å². The van der Waals surface area contributed by atoms with Crippen LogP contribution in [0, 0.1) is 5.82 Å². The number of halogens is 2. The van der Waals surface area contributed by atoms with Gasteiger partial charge in [-0.05, 0) is 66.4 Å². The lowest BCUT2D eigenvalue weighted by Crippen LogP contribution is -2.25. The Morgan fingerprint density at radius 1 is 1.15 bits per heavy atom. The molecule has 3 nitrogen and oxygen atoms in total. The molecule has 1 aromatic carbocycles. The third kappa shape index (κ3) is 2.27. The van der Waals surface area contributed by atoms with Gasteiger partial charge in [-0.25, -0.2) is 4.39 Å². The zero-order valence-corrected chi connectivity index (χ0v) is 11.2. The fraction of sp³-hybridized carbons (Fsp3) is 0.200. The van der Waals surface area contributed by atoms with Gasteiger partial charge in [0.05, 0.1) is 11.3 Å². The van der Waals surface area contributed by atoms with E-state index in [9.17, 15) is 14.0 Å². The van der Waals surface area contributed by atoms with E-state index in [0.29, 0.717) is 5.69 Å². The summed E-state index contributed by atoms with van der Waals surface area (Å²) in [6, 6.07) is 9.13. The van der Waals surface area contributed by atoms with Crippen LogP contribution in [0.4, 0.5) is 4.39 Å². The summed E-state index contributed by atoms with van der Waals surface area (Å²) < 4.78 is 14.6. The Bertz CT molecular complexity index is 733. The van der Waals surface area contributed by atoms with E-state index < -0.39 is 5.24 Å². The van der Waals surface area contributed by atoms with Crippen LogP contribution in [0.15, 0.2) is 41.2 Å². The number of rotatable bonds is 3. The molecule has 0 spiro atoms. The molecule has 102 valence electrons. The molecule has 0 N–H and O–H groups in total. The lowest BCUT2D eigenvalue weighted by Gasteiger charge is -2.13. The van der Waals surface area contributed by atoms with Crippen molar-refractivity contribution in [3.8, 4) is 11.3 Å². The predicted molar refractivity (Wildman–Crippen MR) is 74.6 cm³/mol. The van der Waals surface area contributed by atoms with Gasteiger partial charge in [-0.15, -0.1) is 0 Å². The minimum Gasteiger partial charge on any atom is -0.305 e. The van der Waals surface area contributed by atoms with Crippen LogP contribution in [0.1, 0.15) is 29.2 Å². The van der Waals surface area contributed by atoms with Gasteiger partial charge >= 0.3 is 0 Å². The van der Waals surface area contributed by atoms with Crippen LogP contribution in [-0.4, -0.2) is 9.81 Å². The third-order valence-corrected chi connectivity index (χ3v) is 3.58. The molecule has 1 aliphatic carbocycles. The van der Waals surface area contributed by atoms with Crippen LogP contribution >= 0.6 is 11.6 Å². The summed E-state index contributed by atoms with van der Waals surface area (Å²) in [6.45, 7) is 0. The largest absolute Gasteiger partial charge is 0.305 e. The number of hydrogen-bond donors (Lipinski definition) is 0. The first-order valence-corrected chi connectivity index (χ1v) is 6.67. The highest BCUT2D eigenvalue weighted by Gasteiger charge is 2.28. The Morgan fingerprint density at radius 2 is 1.80 bits per heavy atom. The SMILES string of the molecule is O=C(Cl)c1ccc(-c2ccc(F)cc2)n(C2CC2)c1=O. The number of nitrogens with zero attached hydrogens (tertiary/aromatic N) is 1. The van der Waals surface area contributed by atoms with Crippen molar-refractivity contribution in [3.63, 3.8) is 0 Å². The standard InChI is InChI=1S/C15H11ClFNO2/c16-14(19)12-7-8-13(9-1-3-10(17)4-2-9)18(15(12)20)11-5-6-11/h1-4,7-8,11H,5-6H2. The van der Waals surface area contributed by atoms with E-state index in [1.807, 2.05) is 0 Å². The highest BCUT2D eigenvalue weighted by atomic mass is 35.5. The number of hydrogen-bond acceptors (Lipinski definition) is 2. The number of pyridine rings is 1. The molecule has 3 rings (SSSR count). The van der Waals surface area contributed by atoms with Crippen molar-refractivity contribution in [2.24, 2.45) is 0 Å². The molecule has 1 fully saturated rings. The van der Waals surface area contributed by atoms with Crippen molar-refractivity contribution in [2.75, 3.05) is 0 Å². The van der Waals surface area contributed by atoms with E-state index in [-0.39, 0.29) is 23.0 Å². The summed E-state index contributed by atoms with van der Waals surface area (Å²) in [6.07, 6.45) is 1.79. The maximum Gasteiger partial charge on any atom is 0.263 e.